The highest BCUT2D eigenvalue weighted by Gasteiger charge is 2.45. The van der Waals surface area contributed by atoms with E-state index < -0.39 is 28.8 Å². The molecule has 1 rings (SSSR count). The molecule has 0 bridgehead atoms. The maximum Gasteiger partial charge on any atom is 0.416 e. The van der Waals surface area contributed by atoms with Crippen molar-refractivity contribution in [1.82, 2.24) is 0 Å². The van der Waals surface area contributed by atoms with Crippen molar-refractivity contribution in [3.05, 3.63) is 35.4 Å². The maximum atomic E-state index is 13.7. The summed E-state index contributed by atoms with van der Waals surface area (Å²) in [5, 5.41) is 0. The second kappa shape index (κ2) is 3.94. The Labute approximate surface area is 95.4 Å². The van der Waals surface area contributed by atoms with Gasteiger partial charge in [0.15, 0.2) is 0 Å². The van der Waals surface area contributed by atoms with Crippen LogP contribution in [0.2, 0.25) is 0 Å². The zero-order valence-electron chi connectivity index (χ0n) is 9.28. The summed E-state index contributed by atoms with van der Waals surface area (Å²) in [4.78, 5) is 0. The molecule has 1 aromatic carbocycles. The van der Waals surface area contributed by atoms with Gasteiger partial charge in [-0.05, 0) is 26.0 Å². The van der Waals surface area contributed by atoms with Gasteiger partial charge in [0.25, 0.3) is 5.92 Å². The van der Waals surface area contributed by atoms with Gasteiger partial charge in [0.05, 0.1) is 11.1 Å². The molecule has 0 unspecified atom stereocenters. The topological polar surface area (TPSA) is 26.0 Å². The Bertz CT molecular complexity index is 386. The van der Waals surface area contributed by atoms with Crippen molar-refractivity contribution >= 4 is 0 Å². The molecule has 1 nitrogen and oxygen atoms in total. The summed E-state index contributed by atoms with van der Waals surface area (Å²) >= 11 is 0. The van der Waals surface area contributed by atoms with Gasteiger partial charge < -0.3 is 5.73 Å². The standard InChI is InChI=1S/C11H12F5N/c1-9(2,17)10(12,13)7-3-5-8(6-4-7)11(14,15)16/h3-6H,17H2,1-2H3. The SMILES string of the molecule is CC(C)(N)C(F)(F)c1ccc(C(F)(F)F)cc1. The maximum absolute atomic E-state index is 13.7. The molecule has 6 heteroatoms. The van der Waals surface area contributed by atoms with E-state index in [9.17, 15) is 22.0 Å². The van der Waals surface area contributed by atoms with Crippen molar-refractivity contribution in [1.29, 1.82) is 0 Å². The Morgan fingerprint density at radius 2 is 1.18 bits per heavy atom. The third kappa shape index (κ3) is 2.74. The van der Waals surface area contributed by atoms with E-state index in [4.69, 9.17) is 5.73 Å². The summed E-state index contributed by atoms with van der Waals surface area (Å²) in [6.45, 7) is 2.23. The lowest BCUT2D eigenvalue weighted by Gasteiger charge is -2.30. The Morgan fingerprint density at radius 3 is 1.47 bits per heavy atom. The van der Waals surface area contributed by atoms with E-state index >= 15 is 0 Å². The summed E-state index contributed by atoms with van der Waals surface area (Å²) in [5.74, 6) is -3.39. The minimum atomic E-state index is -4.54. The molecular weight excluding hydrogens is 241 g/mol. The smallest absolute Gasteiger partial charge is 0.320 e. The van der Waals surface area contributed by atoms with Crippen molar-refractivity contribution in [3.8, 4) is 0 Å². The monoisotopic (exact) mass is 253 g/mol. The lowest BCUT2D eigenvalue weighted by molar-refractivity contribution is -0.137. The molecule has 0 aliphatic rings. The van der Waals surface area contributed by atoms with Gasteiger partial charge >= 0.3 is 6.18 Å². The number of hydrogen-bond donors (Lipinski definition) is 1. The molecule has 0 atom stereocenters. The first-order valence-corrected chi connectivity index (χ1v) is 4.80. The van der Waals surface area contributed by atoms with Crippen LogP contribution in [0.5, 0.6) is 0 Å². The van der Waals surface area contributed by atoms with Crippen LogP contribution >= 0.6 is 0 Å². The summed E-state index contributed by atoms with van der Waals surface area (Å²) in [6, 6.07) is 2.73. The zero-order valence-corrected chi connectivity index (χ0v) is 9.28. The molecule has 1 aromatic rings. The van der Waals surface area contributed by atoms with Crippen molar-refractivity contribution in [2.24, 2.45) is 5.73 Å². The Hall–Kier alpha value is -1.17. The number of hydrogen-bond acceptors (Lipinski definition) is 1. The third-order valence-electron chi connectivity index (χ3n) is 2.38. The lowest BCUT2D eigenvalue weighted by atomic mass is 9.90. The zero-order chi connectivity index (χ0) is 13.5. The molecule has 0 spiro atoms. The number of rotatable bonds is 2. The highest BCUT2D eigenvalue weighted by Crippen LogP contribution is 2.38. The van der Waals surface area contributed by atoms with Gasteiger partial charge in [-0.15, -0.1) is 0 Å². The van der Waals surface area contributed by atoms with Crippen LogP contribution < -0.4 is 5.73 Å². The molecule has 0 fully saturated rings. The Balaban J connectivity index is 3.12. The van der Waals surface area contributed by atoms with Gasteiger partial charge in [-0.3, -0.25) is 0 Å². The number of halogens is 5. The largest absolute Gasteiger partial charge is 0.416 e. The first kappa shape index (κ1) is 13.9. The van der Waals surface area contributed by atoms with Gasteiger partial charge in [-0.2, -0.15) is 22.0 Å². The first-order valence-electron chi connectivity index (χ1n) is 4.80. The van der Waals surface area contributed by atoms with E-state index in [1.807, 2.05) is 0 Å². The van der Waals surface area contributed by atoms with Gasteiger partial charge in [-0.1, -0.05) is 12.1 Å². The molecule has 17 heavy (non-hydrogen) atoms. The first-order chi connectivity index (χ1) is 7.46. The van der Waals surface area contributed by atoms with E-state index in [1.54, 1.807) is 0 Å². The van der Waals surface area contributed by atoms with Crippen molar-refractivity contribution in [2.75, 3.05) is 0 Å². The van der Waals surface area contributed by atoms with E-state index in [-0.39, 0.29) is 0 Å². The number of alkyl halides is 5. The van der Waals surface area contributed by atoms with Gasteiger partial charge in [0, 0.05) is 5.56 Å². The molecule has 96 valence electrons. The molecule has 0 saturated heterocycles. The van der Waals surface area contributed by atoms with Crippen molar-refractivity contribution < 1.29 is 22.0 Å². The van der Waals surface area contributed by atoms with Crippen LogP contribution in [-0.4, -0.2) is 5.54 Å². The second-order valence-electron chi connectivity index (χ2n) is 4.37. The van der Waals surface area contributed by atoms with Crippen LogP contribution in [0.3, 0.4) is 0 Å². The number of benzene rings is 1. The van der Waals surface area contributed by atoms with Crippen molar-refractivity contribution in [3.63, 3.8) is 0 Å². The summed E-state index contributed by atoms with van der Waals surface area (Å²) in [6.07, 6.45) is -4.54. The number of nitrogens with two attached hydrogens (primary N) is 1. The average Bonchev–Trinajstić information content (AvgIpc) is 2.15. The normalized spacial score (nSPS) is 13.9. The highest BCUT2D eigenvalue weighted by molar-refractivity contribution is 5.29. The summed E-state index contributed by atoms with van der Waals surface area (Å²) < 4.78 is 64.1. The predicted molar refractivity (Wildman–Crippen MR) is 53.6 cm³/mol. The van der Waals surface area contributed by atoms with Crippen LogP contribution in [0, 0.1) is 0 Å². The minimum absolute atomic E-state index is 0.530. The molecule has 0 aliphatic carbocycles. The van der Waals surface area contributed by atoms with Gasteiger partial charge in [0.1, 0.15) is 0 Å². The summed E-state index contributed by atoms with van der Waals surface area (Å²) in [7, 11) is 0. The van der Waals surface area contributed by atoms with E-state index in [0.29, 0.717) is 12.1 Å². The molecule has 0 heterocycles. The lowest BCUT2D eigenvalue weighted by Crippen LogP contribution is -2.48. The predicted octanol–water partition coefficient (Wildman–Crippen LogP) is 3.53. The molecule has 0 radical (unpaired) electrons. The fourth-order valence-electron chi connectivity index (χ4n) is 1.24. The molecule has 2 N–H and O–H groups in total. The van der Waals surface area contributed by atoms with Crippen LogP contribution in [0.15, 0.2) is 24.3 Å². The summed E-state index contributed by atoms with van der Waals surface area (Å²) in [5.41, 5.74) is 1.96. The molecule has 0 amide bonds. The highest BCUT2D eigenvalue weighted by atomic mass is 19.4. The molecular formula is C11H12F5N. The van der Waals surface area contributed by atoms with Crippen LogP contribution in [0.25, 0.3) is 0 Å². The van der Waals surface area contributed by atoms with E-state index in [0.717, 1.165) is 26.0 Å². The Kier molecular flexibility index (Phi) is 3.22. The molecule has 0 aromatic heterocycles. The van der Waals surface area contributed by atoms with E-state index in [1.165, 1.54) is 0 Å². The van der Waals surface area contributed by atoms with Gasteiger partial charge in [0.2, 0.25) is 0 Å². The van der Waals surface area contributed by atoms with E-state index in [2.05, 4.69) is 0 Å². The third-order valence-corrected chi connectivity index (χ3v) is 2.38. The Morgan fingerprint density at radius 1 is 0.824 bits per heavy atom. The van der Waals surface area contributed by atoms with Gasteiger partial charge in [-0.25, -0.2) is 0 Å². The van der Waals surface area contributed by atoms with Crippen LogP contribution in [0.4, 0.5) is 22.0 Å². The molecule has 0 saturated carbocycles. The second-order valence-corrected chi connectivity index (χ2v) is 4.37. The average molecular weight is 253 g/mol. The van der Waals surface area contributed by atoms with Crippen LogP contribution in [0.1, 0.15) is 25.0 Å². The van der Waals surface area contributed by atoms with Crippen LogP contribution in [-0.2, 0) is 12.1 Å². The fourth-order valence-corrected chi connectivity index (χ4v) is 1.24. The molecule has 0 aliphatic heterocycles. The fraction of sp³-hybridized carbons (Fsp3) is 0.455. The van der Waals surface area contributed by atoms with Crippen molar-refractivity contribution in [2.45, 2.75) is 31.5 Å². The minimum Gasteiger partial charge on any atom is -0.320 e. The quantitative estimate of drug-likeness (QED) is 0.801.